The highest BCUT2D eigenvalue weighted by Gasteiger charge is 2.45. The van der Waals surface area contributed by atoms with E-state index in [1.165, 1.54) is 13.0 Å². The number of allylic oxidation sites excluding steroid dienone is 1. The molecular formula is C22H28O8. The SMILES string of the molecule is C=C1C(=O)O[C@H]2/C=C(/CO)[C@@H](OC(C)=O)C[C@H](O)/C(C)=C\[C@H](OC(=O)/C(C)=C\C)[C@@H]12. The van der Waals surface area contributed by atoms with E-state index in [1.807, 2.05) is 0 Å². The summed E-state index contributed by atoms with van der Waals surface area (Å²) in [6, 6.07) is 0. The lowest BCUT2D eigenvalue weighted by Crippen LogP contribution is -2.35. The maximum absolute atomic E-state index is 12.4. The van der Waals surface area contributed by atoms with Crippen molar-refractivity contribution < 1.29 is 38.8 Å². The monoisotopic (exact) mass is 420 g/mol. The Bertz CT molecular complexity index is 819. The van der Waals surface area contributed by atoms with E-state index in [-0.39, 0.29) is 17.6 Å². The van der Waals surface area contributed by atoms with E-state index in [4.69, 9.17) is 14.2 Å². The molecule has 5 atom stereocenters. The van der Waals surface area contributed by atoms with Gasteiger partial charge < -0.3 is 24.4 Å². The summed E-state index contributed by atoms with van der Waals surface area (Å²) in [5.74, 6) is -2.58. The molecule has 0 aromatic carbocycles. The highest BCUT2D eigenvalue weighted by molar-refractivity contribution is 5.92. The average molecular weight is 420 g/mol. The Labute approximate surface area is 175 Å². The molecule has 164 valence electrons. The standard InChI is InChI=1S/C22H28O8/c1-6-11(2)21(26)29-18-7-12(3)16(25)9-17(28-14(5)24)15(10-23)8-19-20(18)13(4)22(27)30-19/h6-8,16-20,23,25H,4,9-10H2,1-3,5H3/b11-6-,12-7-,15-8-/t16-,17-,18-,19-,20+/m0/s1. The van der Waals surface area contributed by atoms with Crippen LogP contribution in [0.3, 0.4) is 0 Å². The van der Waals surface area contributed by atoms with Gasteiger partial charge in [0.05, 0.1) is 18.6 Å². The normalized spacial score (nSPS) is 33.4. The number of esters is 3. The minimum absolute atomic E-state index is 0.0187. The van der Waals surface area contributed by atoms with Gasteiger partial charge in [-0.2, -0.15) is 0 Å². The second-order valence-electron chi connectivity index (χ2n) is 7.42. The highest BCUT2D eigenvalue weighted by Crippen LogP contribution is 2.36. The summed E-state index contributed by atoms with van der Waals surface area (Å²) in [5.41, 5.74) is 1.21. The van der Waals surface area contributed by atoms with Crippen LogP contribution in [0.4, 0.5) is 0 Å². The molecular weight excluding hydrogens is 392 g/mol. The number of ether oxygens (including phenoxy) is 3. The van der Waals surface area contributed by atoms with Gasteiger partial charge in [-0.15, -0.1) is 0 Å². The molecule has 2 N–H and O–H groups in total. The summed E-state index contributed by atoms with van der Waals surface area (Å²) in [4.78, 5) is 36.2. The first-order valence-corrected chi connectivity index (χ1v) is 9.67. The minimum atomic E-state index is -1.05. The average Bonchev–Trinajstić information content (AvgIpc) is 2.96. The van der Waals surface area contributed by atoms with Gasteiger partial charge in [-0.1, -0.05) is 12.7 Å². The molecule has 0 aromatic heterocycles. The topological polar surface area (TPSA) is 119 Å². The molecule has 1 aliphatic heterocycles. The number of hydrogen-bond acceptors (Lipinski definition) is 8. The first-order valence-electron chi connectivity index (χ1n) is 9.67. The largest absolute Gasteiger partial charge is 0.458 e. The maximum Gasteiger partial charge on any atom is 0.334 e. The number of hydrogen-bond donors (Lipinski definition) is 2. The number of fused-ring (bicyclic) bond motifs is 1. The third kappa shape index (κ3) is 5.25. The molecule has 2 rings (SSSR count). The van der Waals surface area contributed by atoms with E-state index in [0.717, 1.165) is 0 Å². The number of carbonyl (C=O) groups excluding carboxylic acids is 3. The van der Waals surface area contributed by atoms with Crippen LogP contribution >= 0.6 is 0 Å². The Hall–Kier alpha value is -2.71. The smallest absolute Gasteiger partial charge is 0.334 e. The van der Waals surface area contributed by atoms with Crippen molar-refractivity contribution in [3.63, 3.8) is 0 Å². The van der Waals surface area contributed by atoms with Crippen LogP contribution in [0.15, 0.2) is 47.1 Å². The second kappa shape index (κ2) is 9.86. The van der Waals surface area contributed by atoms with Crippen LogP contribution in [-0.2, 0) is 28.6 Å². The van der Waals surface area contributed by atoms with Crippen LogP contribution in [0.2, 0.25) is 0 Å². The Morgan fingerprint density at radius 2 is 1.97 bits per heavy atom. The van der Waals surface area contributed by atoms with Crippen molar-refractivity contribution in [2.75, 3.05) is 6.61 Å². The van der Waals surface area contributed by atoms with Crippen molar-refractivity contribution in [3.05, 3.63) is 47.1 Å². The van der Waals surface area contributed by atoms with Gasteiger partial charge in [-0.3, -0.25) is 4.79 Å². The fourth-order valence-corrected chi connectivity index (χ4v) is 3.38. The molecule has 2 aliphatic rings. The molecule has 1 aliphatic carbocycles. The predicted molar refractivity (Wildman–Crippen MR) is 107 cm³/mol. The van der Waals surface area contributed by atoms with Crippen LogP contribution in [0.5, 0.6) is 0 Å². The second-order valence-corrected chi connectivity index (χ2v) is 7.42. The van der Waals surface area contributed by atoms with E-state index in [9.17, 15) is 24.6 Å². The molecule has 1 fully saturated rings. The zero-order valence-electron chi connectivity index (χ0n) is 17.6. The molecule has 1 heterocycles. The predicted octanol–water partition coefficient (Wildman–Crippen LogP) is 1.52. The third-order valence-electron chi connectivity index (χ3n) is 5.29. The lowest BCUT2D eigenvalue weighted by atomic mass is 9.85. The maximum atomic E-state index is 12.4. The molecule has 0 unspecified atom stereocenters. The Balaban J connectivity index is 2.56. The van der Waals surface area contributed by atoms with Gasteiger partial charge in [0.1, 0.15) is 18.3 Å². The number of aliphatic hydroxyl groups is 2. The van der Waals surface area contributed by atoms with E-state index in [1.54, 1.807) is 32.9 Å². The van der Waals surface area contributed by atoms with Crippen LogP contribution in [0, 0.1) is 5.92 Å². The van der Waals surface area contributed by atoms with Gasteiger partial charge in [0.15, 0.2) is 0 Å². The zero-order chi connectivity index (χ0) is 22.6. The van der Waals surface area contributed by atoms with Crippen LogP contribution < -0.4 is 0 Å². The van der Waals surface area contributed by atoms with Crippen LogP contribution in [0.1, 0.15) is 34.1 Å². The van der Waals surface area contributed by atoms with Gasteiger partial charge in [0.25, 0.3) is 0 Å². The van der Waals surface area contributed by atoms with Crippen LogP contribution in [0.25, 0.3) is 0 Å². The highest BCUT2D eigenvalue weighted by atomic mass is 16.6. The summed E-state index contributed by atoms with van der Waals surface area (Å²) >= 11 is 0. The van der Waals surface area contributed by atoms with E-state index < -0.39 is 54.8 Å². The molecule has 8 nitrogen and oxygen atoms in total. The molecule has 1 saturated heterocycles. The molecule has 0 bridgehead atoms. The summed E-state index contributed by atoms with van der Waals surface area (Å²) in [6.45, 7) is 9.46. The van der Waals surface area contributed by atoms with Crippen LogP contribution in [-0.4, -0.2) is 59.1 Å². The van der Waals surface area contributed by atoms with E-state index in [2.05, 4.69) is 6.58 Å². The Morgan fingerprint density at radius 3 is 2.53 bits per heavy atom. The Morgan fingerprint density at radius 1 is 1.30 bits per heavy atom. The summed E-state index contributed by atoms with van der Waals surface area (Å²) in [7, 11) is 0. The first-order chi connectivity index (χ1) is 14.1. The van der Waals surface area contributed by atoms with Crippen molar-refractivity contribution >= 4 is 17.9 Å². The van der Waals surface area contributed by atoms with Gasteiger partial charge >= 0.3 is 17.9 Å². The van der Waals surface area contributed by atoms with Crippen molar-refractivity contribution in [3.8, 4) is 0 Å². The minimum Gasteiger partial charge on any atom is -0.458 e. The van der Waals surface area contributed by atoms with Gasteiger partial charge in [-0.05, 0) is 44.1 Å². The molecule has 30 heavy (non-hydrogen) atoms. The number of carbonyl (C=O) groups is 3. The fraction of sp³-hybridized carbons (Fsp3) is 0.500. The molecule has 0 amide bonds. The molecule has 0 radical (unpaired) electrons. The van der Waals surface area contributed by atoms with Crippen molar-refractivity contribution in [1.82, 2.24) is 0 Å². The van der Waals surface area contributed by atoms with Crippen molar-refractivity contribution in [2.45, 2.75) is 58.5 Å². The summed E-state index contributed by atoms with van der Waals surface area (Å²) in [5, 5.41) is 20.5. The van der Waals surface area contributed by atoms with E-state index in [0.29, 0.717) is 11.1 Å². The summed E-state index contributed by atoms with van der Waals surface area (Å²) in [6.07, 6.45) is 0.817. The lowest BCUT2D eigenvalue weighted by molar-refractivity contribution is -0.147. The first kappa shape index (κ1) is 23.6. The van der Waals surface area contributed by atoms with Gasteiger partial charge in [0, 0.05) is 24.5 Å². The van der Waals surface area contributed by atoms with E-state index >= 15 is 0 Å². The lowest BCUT2D eigenvalue weighted by Gasteiger charge is -2.29. The molecule has 0 aromatic rings. The summed E-state index contributed by atoms with van der Waals surface area (Å²) < 4.78 is 16.3. The van der Waals surface area contributed by atoms with Gasteiger partial charge in [-0.25, -0.2) is 9.59 Å². The Kier molecular flexibility index (Phi) is 7.75. The fourth-order valence-electron chi connectivity index (χ4n) is 3.38. The van der Waals surface area contributed by atoms with Crippen molar-refractivity contribution in [2.24, 2.45) is 5.92 Å². The van der Waals surface area contributed by atoms with Crippen molar-refractivity contribution in [1.29, 1.82) is 0 Å². The number of rotatable bonds is 4. The molecule has 8 heteroatoms. The van der Waals surface area contributed by atoms with Gasteiger partial charge in [0.2, 0.25) is 0 Å². The number of aliphatic hydroxyl groups excluding tert-OH is 2. The zero-order valence-corrected chi connectivity index (χ0v) is 17.6. The molecule has 0 saturated carbocycles. The quantitative estimate of drug-likeness (QED) is 0.304. The molecule has 0 spiro atoms. The third-order valence-corrected chi connectivity index (χ3v) is 5.29.